The first kappa shape index (κ1) is 15.8. The number of aryl methyl sites for hydroxylation is 1. The Labute approximate surface area is 140 Å². The van der Waals surface area contributed by atoms with E-state index in [2.05, 4.69) is 52.7 Å². The van der Waals surface area contributed by atoms with Gasteiger partial charge in [0.05, 0.1) is 23.6 Å². The molecule has 0 spiro atoms. The molecule has 3 aromatic rings. The van der Waals surface area contributed by atoms with Crippen LogP contribution < -0.4 is 5.32 Å². The van der Waals surface area contributed by atoms with Crippen LogP contribution in [0.25, 0.3) is 10.7 Å². The summed E-state index contributed by atoms with van der Waals surface area (Å²) < 4.78 is 2.01. The molecule has 3 heterocycles. The zero-order chi connectivity index (χ0) is 16.2. The largest absolute Gasteiger partial charge is 0.306 e. The number of pyridine rings is 1. The summed E-state index contributed by atoms with van der Waals surface area (Å²) in [7, 11) is 0. The van der Waals surface area contributed by atoms with Crippen LogP contribution in [0.4, 0.5) is 0 Å². The minimum Gasteiger partial charge on any atom is -0.306 e. The highest BCUT2D eigenvalue weighted by Gasteiger charge is 2.15. The summed E-state index contributed by atoms with van der Waals surface area (Å²) in [5.74, 6) is 0. The third-order valence-corrected chi connectivity index (χ3v) is 4.83. The van der Waals surface area contributed by atoms with Gasteiger partial charge in [0.2, 0.25) is 0 Å². The van der Waals surface area contributed by atoms with Crippen molar-refractivity contribution in [1.29, 1.82) is 0 Å². The van der Waals surface area contributed by atoms with Crippen LogP contribution in [-0.4, -0.2) is 25.8 Å². The van der Waals surface area contributed by atoms with Crippen molar-refractivity contribution in [3.63, 3.8) is 0 Å². The second kappa shape index (κ2) is 7.02. The van der Waals surface area contributed by atoms with Gasteiger partial charge < -0.3 is 5.32 Å². The molecule has 0 amide bonds. The lowest BCUT2D eigenvalue weighted by atomic mass is 10.1. The number of aromatic nitrogens is 4. The fraction of sp³-hybridized carbons (Fsp3) is 0.353. The van der Waals surface area contributed by atoms with Gasteiger partial charge >= 0.3 is 0 Å². The van der Waals surface area contributed by atoms with Gasteiger partial charge in [-0.2, -0.15) is 5.10 Å². The topological polar surface area (TPSA) is 55.6 Å². The smallest absolute Gasteiger partial charge is 0.142 e. The van der Waals surface area contributed by atoms with Crippen molar-refractivity contribution in [1.82, 2.24) is 25.1 Å². The zero-order valence-electron chi connectivity index (χ0n) is 13.6. The highest BCUT2D eigenvalue weighted by atomic mass is 32.1. The molecule has 0 aliphatic heterocycles. The van der Waals surface area contributed by atoms with Crippen LogP contribution in [0.3, 0.4) is 0 Å². The predicted molar refractivity (Wildman–Crippen MR) is 93.3 cm³/mol. The highest BCUT2D eigenvalue weighted by molar-refractivity contribution is 7.13. The Kier molecular flexibility index (Phi) is 4.83. The molecule has 120 valence electrons. The van der Waals surface area contributed by atoms with E-state index in [9.17, 15) is 0 Å². The van der Waals surface area contributed by atoms with E-state index in [0.29, 0.717) is 6.04 Å². The van der Waals surface area contributed by atoms with Crippen molar-refractivity contribution >= 4 is 11.3 Å². The lowest BCUT2D eigenvalue weighted by molar-refractivity contribution is 0.364. The van der Waals surface area contributed by atoms with E-state index in [0.717, 1.165) is 22.9 Å². The van der Waals surface area contributed by atoms with Crippen molar-refractivity contribution < 1.29 is 0 Å². The number of nitrogens with one attached hydrogen (secondary N) is 1. The molecule has 0 unspecified atom stereocenters. The zero-order valence-corrected chi connectivity index (χ0v) is 14.4. The molecule has 2 atom stereocenters. The van der Waals surface area contributed by atoms with Crippen molar-refractivity contribution in [3.05, 3.63) is 53.4 Å². The van der Waals surface area contributed by atoms with Crippen LogP contribution in [0.5, 0.6) is 0 Å². The molecule has 23 heavy (non-hydrogen) atoms. The minimum atomic E-state index is 0.289. The van der Waals surface area contributed by atoms with Gasteiger partial charge in [-0.3, -0.25) is 9.67 Å². The highest BCUT2D eigenvalue weighted by Crippen LogP contribution is 2.21. The lowest BCUT2D eigenvalue weighted by Gasteiger charge is -2.21. The van der Waals surface area contributed by atoms with E-state index >= 15 is 0 Å². The standard InChI is InChI=1S/C17H21N5S/c1-12-8-20-22(10-12)14(3)13(2)19-9-15-11-23-17(21-15)16-6-4-5-7-18-16/h4-8,10-11,13-14,19H,9H2,1-3H3/t13-,14+/m0/s1. The molecule has 0 bridgehead atoms. The molecule has 0 aliphatic rings. The van der Waals surface area contributed by atoms with Gasteiger partial charge in [0.15, 0.2) is 0 Å². The average molecular weight is 327 g/mol. The Morgan fingerprint density at radius 1 is 1.30 bits per heavy atom. The van der Waals surface area contributed by atoms with Crippen LogP contribution in [0.2, 0.25) is 0 Å². The van der Waals surface area contributed by atoms with E-state index in [1.807, 2.05) is 29.1 Å². The molecule has 0 aromatic carbocycles. The molecule has 3 aromatic heterocycles. The quantitative estimate of drug-likeness (QED) is 0.753. The van der Waals surface area contributed by atoms with Crippen LogP contribution >= 0.6 is 11.3 Å². The lowest BCUT2D eigenvalue weighted by Crippen LogP contribution is -2.33. The SMILES string of the molecule is Cc1cnn([C@H](C)[C@H](C)NCc2csc(-c3ccccn3)n2)c1. The Bertz CT molecular complexity index is 749. The fourth-order valence-electron chi connectivity index (χ4n) is 2.32. The van der Waals surface area contributed by atoms with Gasteiger partial charge in [0.25, 0.3) is 0 Å². The maximum atomic E-state index is 4.66. The van der Waals surface area contributed by atoms with E-state index < -0.39 is 0 Å². The Balaban J connectivity index is 1.59. The van der Waals surface area contributed by atoms with Gasteiger partial charge in [-0.15, -0.1) is 11.3 Å². The fourth-order valence-corrected chi connectivity index (χ4v) is 3.11. The second-order valence-electron chi connectivity index (χ2n) is 5.77. The number of rotatable bonds is 6. The van der Waals surface area contributed by atoms with Crippen LogP contribution in [0, 0.1) is 6.92 Å². The van der Waals surface area contributed by atoms with Crippen molar-refractivity contribution in [2.24, 2.45) is 0 Å². The molecule has 0 saturated carbocycles. The number of hydrogen-bond donors (Lipinski definition) is 1. The summed E-state index contributed by atoms with van der Waals surface area (Å²) >= 11 is 1.63. The Hall–Kier alpha value is -2.05. The van der Waals surface area contributed by atoms with Gasteiger partial charge in [0.1, 0.15) is 5.01 Å². The average Bonchev–Trinajstić information content (AvgIpc) is 3.22. The van der Waals surface area contributed by atoms with Gasteiger partial charge in [-0.05, 0) is 38.5 Å². The molecule has 5 nitrogen and oxygen atoms in total. The summed E-state index contributed by atoms with van der Waals surface area (Å²) in [4.78, 5) is 9.00. The van der Waals surface area contributed by atoms with Crippen molar-refractivity contribution in [2.75, 3.05) is 0 Å². The number of nitrogens with zero attached hydrogens (tertiary/aromatic N) is 4. The normalized spacial score (nSPS) is 13.9. The monoisotopic (exact) mass is 327 g/mol. The third-order valence-electron chi connectivity index (χ3n) is 3.91. The first-order valence-corrected chi connectivity index (χ1v) is 8.61. The molecule has 0 radical (unpaired) electrons. The van der Waals surface area contributed by atoms with Crippen molar-refractivity contribution in [3.8, 4) is 10.7 Å². The summed E-state index contributed by atoms with van der Waals surface area (Å²) in [5, 5.41) is 11.0. The maximum Gasteiger partial charge on any atom is 0.142 e. The predicted octanol–water partition coefficient (Wildman–Crippen LogP) is 3.45. The summed E-state index contributed by atoms with van der Waals surface area (Å²) in [6, 6.07) is 6.48. The van der Waals surface area contributed by atoms with Crippen LogP contribution in [0.1, 0.15) is 31.1 Å². The first-order chi connectivity index (χ1) is 11.1. The molecule has 3 rings (SSSR count). The summed E-state index contributed by atoms with van der Waals surface area (Å²) in [6.45, 7) is 7.15. The third kappa shape index (κ3) is 3.83. The van der Waals surface area contributed by atoms with E-state index in [4.69, 9.17) is 0 Å². The Morgan fingerprint density at radius 2 is 2.17 bits per heavy atom. The first-order valence-electron chi connectivity index (χ1n) is 7.73. The van der Waals surface area contributed by atoms with Crippen LogP contribution in [-0.2, 0) is 6.54 Å². The molecule has 1 N–H and O–H groups in total. The minimum absolute atomic E-state index is 0.289. The van der Waals surface area contributed by atoms with Gasteiger partial charge in [-0.1, -0.05) is 6.07 Å². The van der Waals surface area contributed by atoms with E-state index in [1.165, 1.54) is 5.56 Å². The van der Waals surface area contributed by atoms with Gasteiger partial charge in [0, 0.05) is 30.4 Å². The van der Waals surface area contributed by atoms with Crippen LogP contribution in [0.15, 0.2) is 42.2 Å². The van der Waals surface area contributed by atoms with Gasteiger partial charge in [-0.25, -0.2) is 4.98 Å². The molecule has 0 fully saturated rings. The maximum absolute atomic E-state index is 4.66. The molecule has 6 heteroatoms. The second-order valence-corrected chi connectivity index (χ2v) is 6.62. The summed E-state index contributed by atoms with van der Waals surface area (Å²) in [6.07, 6.45) is 5.76. The van der Waals surface area contributed by atoms with E-state index in [1.54, 1.807) is 17.5 Å². The molecule has 0 saturated heterocycles. The van der Waals surface area contributed by atoms with Crippen molar-refractivity contribution in [2.45, 2.75) is 39.4 Å². The molecule has 0 aliphatic carbocycles. The molecular weight excluding hydrogens is 306 g/mol. The Morgan fingerprint density at radius 3 is 2.87 bits per heavy atom. The molecular formula is C17H21N5S. The summed E-state index contributed by atoms with van der Waals surface area (Å²) in [5.41, 5.74) is 3.16. The van der Waals surface area contributed by atoms with E-state index in [-0.39, 0.29) is 6.04 Å². The number of thiazole rings is 1. The number of hydrogen-bond acceptors (Lipinski definition) is 5.